The number of nitrogens with one attached hydrogen (secondary N) is 2. The van der Waals surface area contributed by atoms with E-state index in [1.807, 2.05) is 35.7 Å². The van der Waals surface area contributed by atoms with Crippen molar-refractivity contribution < 1.29 is 0 Å². The minimum atomic E-state index is -0.151. The van der Waals surface area contributed by atoms with Crippen molar-refractivity contribution in [1.29, 1.82) is 0 Å². The number of imidazole rings is 1. The van der Waals surface area contributed by atoms with E-state index in [0.717, 1.165) is 38.4 Å². The van der Waals surface area contributed by atoms with Crippen molar-refractivity contribution in [3.8, 4) is 33.2 Å². The third-order valence-electron chi connectivity index (χ3n) is 4.86. The van der Waals surface area contributed by atoms with Gasteiger partial charge in [-0.2, -0.15) is 0 Å². The van der Waals surface area contributed by atoms with E-state index in [1.165, 1.54) is 22.7 Å². The van der Waals surface area contributed by atoms with Crippen LogP contribution in [-0.2, 0) is 0 Å². The van der Waals surface area contributed by atoms with Crippen LogP contribution in [0.25, 0.3) is 54.5 Å². The summed E-state index contributed by atoms with van der Waals surface area (Å²) < 4.78 is 0. The normalized spacial score (nSPS) is 11.5. The Morgan fingerprint density at radius 1 is 0.867 bits per heavy atom. The third kappa shape index (κ3) is 2.75. The number of pyridine rings is 1. The lowest BCUT2D eigenvalue weighted by molar-refractivity contribution is 1.19. The Balaban J connectivity index is 1.48. The van der Waals surface area contributed by atoms with Crippen LogP contribution in [0.2, 0.25) is 0 Å². The lowest BCUT2D eigenvalue weighted by atomic mass is 10.1. The molecule has 6 aromatic rings. The second kappa shape index (κ2) is 6.68. The lowest BCUT2D eigenvalue weighted by Crippen LogP contribution is -2.08. The first-order valence-electron chi connectivity index (χ1n) is 9.07. The van der Waals surface area contributed by atoms with E-state index >= 15 is 0 Å². The fraction of sp³-hybridized carbons (Fsp3) is 0. The standard InChI is InChI=1S/C21H12N6OS2/c28-20-17-13(9-29-21(17)27-19(26-20)16-8-23-10-30-16)12-1-2-14-15(7-12)25-18(24-14)11-3-5-22-6-4-11/h1-10H,(H,24,25)(H,26,27,28). The van der Waals surface area contributed by atoms with Crippen molar-refractivity contribution in [2.45, 2.75) is 0 Å². The smallest absolute Gasteiger partial charge is 0.260 e. The second-order valence-electron chi connectivity index (χ2n) is 6.66. The molecule has 0 aliphatic heterocycles. The van der Waals surface area contributed by atoms with Crippen molar-refractivity contribution in [1.82, 2.24) is 29.9 Å². The Morgan fingerprint density at radius 2 is 1.77 bits per heavy atom. The molecule has 0 spiro atoms. The minimum absolute atomic E-state index is 0.151. The van der Waals surface area contributed by atoms with Crippen LogP contribution in [0.5, 0.6) is 0 Å². The van der Waals surface area contributed by atoms with Crippen LogP contribution in [0, 0.1) is 0 Å². The number of nitrogens with zero attached hydrogens (tertiary/aromatic N) is 4. The monoisotopic (exact) mass is 428 g/mol. The number of rotatable bonds is 3. The molecular weight excluding hydrogens is 416 g/mol. The van der Waals surface area contributed by atoms with Crippen LogP contribution in [0.15, 0.2) is 64.6 Å². The highest BCUT2D eigenvalue weighted by molar-refractivity contribution is 7.17. The molecule has 0 saturated carbocycles. The average molecular weight is 429 g/mol. The highest BCUT2D eigenvalue weighted by Crippen LogP contribution is 2.33. The molecule has 0 radical (unpaired) electrons. The van der Waals surface area contributed by atoms with E-state index in [2.05, 4.69) is 29.9 Å². The molecule has 0 bridgehead atoms. The summed E-state index contributed by atoms with van der Waals surface area (Å²) in [7, 11) is 0. The van der Waals surface area contributed by atoms with Gasteiger partial charge in [0.25, 0.3) is 5.56 Å². The van der Waals surface area contributed by atoms with Crippen molar-refractivity contribution in [3.63, 3.8) is 0 Å². The number of benzene rings is 1. The van der Waals surface area contributed by atoms with Crippen LogP contribution in [0.3, 0.4) is 0 Å². The number of H-pyrrole nitrogens is 2. The number of hydrogen-bond acceptors (Lipinski definition) is 7. The highest BCUT2D eigenvalue weighted by Gasteiger charge is 2.15. The maximum absolute atomic E-state index is 12.9. The van der Waals surface area contributed by atoms with Gasteiger partial charge in [-0.25, -0.2) is 9.97 Å². The van der Waals surface area contributed by atoms with Crippen LogP contribution in [0.1, 0.15) is 0 Å². The molecule has 9 heteroatoms. The van der Waals surface area contributed by atoms with Gasteiger partial charge in [0.05, 0.1) is 26.8 Å². The predicted octanol–water partition coefficient (Wildman–Crippen LogP) is 4.71. The minimum Gasteiger partial charge on any atom is -0.338 e. The Morgan fingerprint density at radius 3 is 2.60 bits per heavy atom. The van der Waals surface area contributed by atoms with Crippen molar-refractivity contribution in [2.75, 3.05) is 0 Å². The lowest BCUT2D eigenvalue weighted by Gasteiger charge is -2.01. The number of fused-ring (bicyclic) bond motifs is 2. The molecule has 144 valence electrons. The van der Waals surface area contributed by atoms with Crippen molar-refractivity contribution >= 4 is 43.9 Å². The van der Waals surface area contributed by atoms with E-state index in [4.69, 9.17) is 0 Å². The molecule has 0 saturated heterocycles. The van der Waals surface area contributed by atoms with Crippen LogP contribution in [-0.4, -0.2) is 29.9 Å². The van der Waals surface area contributed by atoms with Crippen LogP contribution in [0.4, 0.5) is 0 Å². The summed E-state index contributed by atoms with van der Waals surface area (Å²) in [6.07, 6.45) is 5.19. The summed E-state index contributed by atoms with van der Waals surface area (Å²) in [6, 6.07) is 9.79. The van der Waals surface area contributed by atoms with Gasteiger partial charge in [0.1, 0.15) is 10.7 Å². The summed E-state index contributed by atoms with van der Waals surface area (Å²) in [6.45, 7) is 0. The van der Waals surface area contributed by atoms with Crippen molar-refractivity contribution in [2.24, 2.45) is 0 Å². The van der Waals surface area contributed by atoms with E-state index in [0.29, 0.717) is 16.0 Å². The highest BCUT2D eigenvalue weighted by atomic mass is 32.1. The summed E-state index contributed by atoms with van der Waals surface area (Å²) >= 11 is 2.91. The molecule has 30 heavy (non-hydrogen) atoms. The summed E-state index contributed by atoms with van der Waals surface area (Å²) in [5.41, 5.74) is 6.12. The molecule has 1 aromatic carbocycles. The molecular formula is C21H12N6OS2. The summed E-state index contributed by atoms with van der Waals surface area (Å²) in [5, 5.41) is 2.58. The predicted molar refractivity (Wildman–Crippen MR) is 120 cm³/mol. The van der Waals surface area contributed by atoms with Gasteiger partial charge in [-0.15, -0.1) is 22.7 Å². The number of hydrogen-bond donors (Lipinski definition) is 2. The Hall–Kier alpha value is -3.69. The van der Waals surface area contributed by atoms with Crippen LogP contribution < -0.4 is 5.56 Å². The van der Waals surface area contributed by atoms with E-state index in [1.54, 1.807) is 24.1 Å². The fourth-order valence-electron chi connectivity index (χ4n) is 3.43. The molecule has 0 amide bonds. The Kier molecular flexibility index (Phi) is 3.83. The average Bonchev–Trinajstić information content (AvgIpc) is 3.52. The van der Waals surface area contributed by atoms with E-state index < -0.39 is 0 Å². The zero-order valence-electron chi connectivity index (χ0n) is 15.3. The van der Waals surface area contributed by atoms with Crippen molar-refractivity contribution in [3.05, 3.63) is 70.2 Å². The van der Waals surface area contributed by atoms with Gasteiger partial charge in [-0.05, 0) is 29.8 Å². The first-order chi connectivity index (χ1) is 14.8. The maximum Gasteiger partial charge on any atom is 0.260 e. The Labute approximate surface area is 177 Å². The Bertz CT molecular complexity index is 1560. The van der Waals surface area contributed by atoms with Gasteiger partial charge in [0.2, 0.25) is 0 Å². The largest absolute Gasteiger partial charge is 0.338 e. The van der Waals surface area contributed by atoms with Gasteiger partial charge < -0.3 is 9.97 Å². The molecule has 0 unspecified atom stereocenters. The van der Waals surface area contributed by atoms with Gasteiger partial charge >= 0.3 is 0 Å². The number of thiazole rings is 1. The first kappa shape index (κ1) is 17.2. The molecule has 0 aliphatic carbocycles. The number of thiophene rings is 1. The molecule has 6 rings (SSSR count). The zero-order chi connectivity index (χ0) is 20.1. The van der Waals surface area contributed by atoms with Gasteiger partial charge in [-0.1, -0.05) is 6.07 Å². The number of aromatic amines is 2. The van der Waals surface area contributed by atoms with E-state index in [-0.39, 0.29) is 5.56 Å². The second-order valence-corrected chi connectivity index (χ2v) is 8.41. The van der Waals surface area contributed by atoms with Crippen LogP contribution >= 0.6 is 22.7 Å². The first-order valence-corrected chi connectivity index (χ1v) is 10.8. The van der Waals surface area contributed by atoms with Gasteiger partial charge in [-0.3, -0.25) is 14.8 Å². The van der Waals surface area contributed by atoms with E-state index in [9.17, 15) is 4.79 Å². The summed E-state index contributed by atoms with van der Waals surface area (Å²) in [5.74, 6) is 1.34. The molecule has 0 atom stereocenters. The third-order valence-corrected chi connectivity index (χ3v) is 6.51. The molecule has 7 nitrogen and oxygen atoms in total. The van der Waals surface area contributed by atoms with Gasteiger partial charge in [0.15, 0.2) is 5.82 Å². The SMILES string of the molecule is O=c1[nH]c(-c2cncs2)nc2scc(-c3ccc4nc(-c5ccncc5)[nH]c4c3)c12. The topological polar surface area (TPSA) is 100 Å². The van der Waals surface area contributed by atoms with Gasteiger partial charge in [0, 0.05) is 35.1 Å². The molecule has 5 heterocycles. The maximum atomic E-state index is 12.9. The zero-order valence-corrected chi connectivity index (χ0v) is 16.9. The number of aromatic nitrogens is 6. The molecule has 5 aromatic heterocycles. The summed E-state index contributed by atoms with van der Waals surface area (Å²) in [4.78, 5) is 38.1. The molecule has 0 aliphatic rings. The molecule has 0 fully saturated rings. The fourth-order valence-corrected chi connectivity index (χ4v) is 4.95. The quantitative estimate of drug-likeness (QED) is 0.425. The molecule has 2 N–H and O–H groups in total.